The molecular weight excluding hydrogens is 352 g/mol. The Morgan fingerprint density at radius 2 is 1.93 bits per heavy atom. The second kappa shape index (κ2) is 9.75. The number of aliphatic hydroxyl groups is 1. The van der Waals surface area contributed by atoms with Gasteiger partial charge in [-0.1, -0.05) is 57.0 Å². The van der Waals surface area contributed by atoms with Crippen molar-refractivity contribution in [2.75, 3.05) is 6.54 Å². The van der Waals surface area contributed by atoms with Gasteiger partial charge in [0.25, 0.3) is 0 Å². The van der Waals surface area contributed by atoms with Crippen molar-refractivity contribution in [1.29, 1.82) is 0 Å². The van der Waals surface area contributed by atoms with Crippen LogP contribution < -0.4 is 10.6 Å². The van der Waals surface area contributed by atoms with Gasteiger partial charge in [-0.15, -0.1) is 0 Å². The molecule has 1 aromatic carbocycles. The van der Waals surface area contributed by atoms with Gasteiger partial charge in [0, 0.05) is 12.6 Å². The van der Waals surface area contributed by atoms with Gasteiger partial charge < -0.3 is 20.5 Å². The van der Waals surface area contributed by atoms with Crippen molar-refractivity contribution < 1.29 is 14.6 Å². The van der Waals surface area contributed by atoms with Gasteiger partial charge in [0.1, 0.15) is 5.60 Å². The maximum absolute atomic E-state index is 12.3. The number of carbonyl (C=O) groups is 1. The zero-order chi connectivity index (χ0) is 20.8. The molecule has 3 atom stereocenters. The highest BCUT2D eigenvalue weighted by atomic mass is 16.6. The number of alkyl carbamates (subject to hydrolysis) is 1. The summed E-state index contributed by atoms with van der Waals surface area (Å²) < 4.78 is 5.40. The maximum atomic E-state index is 12.3. The van der Waals surface area contributed by atoms with Crippen LogP contribution in [0.3, 0.4) is 0 Å². The minimum absolute atomic E-state index is 0.228. The summed E-state index contributed by atoms with van der Waals surface area (Å²) in [5.41, 5.74) is 0.725. The third-order valence-corrected chi connectivity index (χ3v) is 5.55. The van der Waals surface area contributed by atoms with Crippen molar-refractivity contribution >= 4 is 6.09 Å². The van der Waals surface area contributed by atoms with Crippen molar-refractivity contribution in [2.24, 2.45) is 5.41 Å². The molecule has 2 rings (SSSR count). The highest BCUT2D eigenvalue weighted by molar-refractivity contribution is 5.68. The van der Waals surface area contributed by atoms with Crippen molar-refractivity contribution in [1.82, 2.24) is 10.6 Å². The molecular formula is C23H38N2O3. The normalized spacial score (nSPS) is 21.6. The van der Waals surface area contributed by atoms with Crippen molar-refractivity contribution in [2.45, 2.75) is 90.5 Å². The molecule has 3 N–H and O–H groups in total. The molecule has 0 heterocycles. The molecule has 1 amide bonds. The van der Waals surface area contributed by atoms with E-state index in [2.05, 4.69) is 24.5 Å². The Bertz CT molecular complexity index is 610. The lowest BCUT2D eigenvalue weighted by molar-refractivity contribution is 0.0408. The van der Waals surface area contributed by atoms with Crippen molar-refractivity contribution in [3.05, 3.63) is 35.9 Å². The third-order valence-electron chi connectivity index (χ3n) is 5.55. The van der Waals surface area contributed by atoms with E-state index in [9.17, 15) is 9.90 Å². The van der Waals surface area contributed by atoms with E-state index in [1.807, 2.05) is 51.1 Å². The van der Waals surface area contributed by atoms with Crippen LogP contribution in [0.5, 0.6) is 0 Å². The number of amides is 1. The molecule has 28 heavy (non-hydrogen) atoms. The van der Waals surface area contributed by atoms with E-state index in [1.165, 1.54) is 19.3 Å². The minimum atomic E-state index is -0.703. The minimum Gasteiger partial charge on any atom is -0.444 e. The summed E-state index contributed by atoms with van der Waals surface area (Å²) in [6.45, 7) is 10.5. The van der Waals surface area contributed by atoms with E-state index in [1.54, 1.807) is 0 Å². The molecule has 5 nitrogen and oxygen atoms in total. The smallest absolute Gasteiger partial charge is 0.407 e. The highest BCUT2D eigenvalue weighted by Gasteiger charge is 2.33. The Morgan fingerprint density at radius 1 is 1.25 bits per heavy atom. The Labute approximate surface area is 170 Å². The monoisotopic (exact) mass is 390 g/mol. The van der Waals surface area contributed by atoms with E-state index in [4.69, 9.17) is 4.74 Å². The zero-order valence-electron chi connectivity index (χ0n) is 18.1. The quantitative estimate of drug-likeness (QED) is 0.657. The zero-order valence-corrected chi connectivity index (χ0v) is 18.1. The number of hydrogen-bond donors (Lipinski definition) is 3. The SMILES string of the molecule is CC(C)(C)OC(=O)N[C@@H](Cc1ccccc1)[C@H](O)CNC1CCCCC1(C)C. The number of carbonyl (C=O) groups excluding carboxylic acids is 1. The predicted octanol–water partition coefficient (Wildman–Crippen LogP) is 4.04. The molecule has 0 bridgehead atoms. The fraction of sp³-hybridized carbons (Fsp3) is 0.696. The van der Waals surface area contributed by atoms with E-state index in [-0.39, 0.29) is 5.41 Å². The fourth-order valence-electron chi connectivity index (χ4n) is 3.89. The lowest BCUT2D eigenvalue weighted by Gasteiger charge is -2.40. The maximum Gasteiger partial charge on any atom is 0.407 e. The lowest BCUT2D eigenvalue weighted by atomic mass is 9.73. The van der Waals surface area contributed by atoms with Crippen molar-refractivity contribution in [3.63, 3.8) is 0 Å². The summed E-state index contributed by atoms with van der Waals surface area (Å²) in [5, 5.41) is 17.3. The largest absolute Gasteiger partial charge is 0.444 e. The number of ether oxygens (including phenoxy) is 1. The first-order valence-electron chi connectivity index (χ1n) is 10.5. The van der Waals surface area contributed by atoms with Crippen LogP contribution in [0.2, 0.25) is 0 Å². The topological polar surface area (TPSA) is 70.6 Å². The van der Waals surface area contributed by atoms with Crippen LogP contribution in [0.4, 0.5) is 4.79 Å². The molecule has 5 heteroatoms. The number of rotatable bonds is 7. The molecule has 1 aromatic rings. The van der Waals surface area contributed by atoms with Gasteiger partial charge in [0.15, 0.2) is 0 Å². The second-order valence-electron chi connectivity index (χ2n) is 9.70. The lowest BCUT2D eigenvalue weighted by Crippen LogP contribution is -2.53. The summed E-state index contributed by atoms with van der Waals surface area (Å²) in [6.07, 6.45) is 4.17. The predicted molar refractivity (Wildman–Crippen MR) is 113 cm³/mol. The third kappa shape index (κ3) is 7.44. The van der Waals surface area contributed by atoms with Gasteiger partial charge in [0.2, 0.25) is 0 Å². The van der Waals surface area contributed by atoms with Gasteiger partial charge in [-0.2, -0.15) is 0 Å². The van der Waals surface area contributed by atoms with Crippen LogP contribution in [0, 0.1) is 5.41 Å². The average molecular weight is 391 g/mol. The molecule has 0 spiro atoms. The summed E-state index contributed by atoms with van der Waals surface area (Å²) in [6, 6.07) is 9.88. The number of hydrogen-bond acceptors (Lipinski definition) is 4. The van der Waals surface area contributed by atoms with Crippen LogP contribution in [0.25, 0.3) is 0 Å². The van der Waals surface area contributed by atoms with Crippen LogP contribution in [0.15, 0.2) is 30.3 Å². The highest BCUT2D eigenvalue weighted by Crippen LogP contribution is 2.35. The molecule has 1 aliphatic carbocycles. The van der Waals surface area contributed by atoms with Crippen LogP contribution in [0.1, 0.15) is 65.9 Å². The molecule has 0 saturated heterocycles. The van der Waals surface area contributed by atoms with E-state index in [0.29, 0.717) is 19.0 Å². The van der Waals surface area contributed by atoms with Crippen LogP contribution in [-0.2, 0) is 11.2 Å². The van der Waals surface area contributed by atoms with Gasteiger partial charge in [-0.25, -0.2) is 4.79 Å². The molecule has 0 radical (unpaired) electrons. The van der Waals surface area contributed by atoms with E-state index >= 15 is 0 Å². The first-order chi connectivity index (χ1) is 13.1. The fourth-order valence-corrected chi connectivity index (χ4v) is 3.89. The van der Waals surface area contributed by atoms with Gasteiger partial charge in [0.05, 0.1) is 12.1 Å². The van der Waals surface area contributed by atoms with Crippen molar-refractivity contribution in [3.8, 4) is 0 Å². The van der Waals surface area contributed by atoms with Gasteiger partial charge in [-0.3, -0.25) is 0 Å². The molecule has 158 valence electrons. The Hall–Kier alpha value is -1.59. The second-order valence-corrected chi connectivity index (χ2v) is 9.70. The van der Waals surface area contributed by atoms with Crippen LogP contribution >= 0.6 is 0 Å². The number of benzene rings is 1. The van der Waals surface area contributed by atoms with E-state index in [0.717, 1.165) is 12.0 Å². The Balaban J connectivity index is 2.01. The molecule has 1 aliphatic rings. The summed E-state index contributed by atoms with van der Waals surface area (Å²) in [4.78, 5) is 12.3. The van der Waals surface area contributed by atoms with E-state index < -0.39 is 23.8 Å². The molecule has 1 unspecified atom stereocenters. The molecule has 1 fully saturated rings. The summed E-state index contributed by atoms with van der Waals surface area (Å²) in [7, 11) is 0. The molecule has 0 aliphatic heterocycles. The summed E-state index contributed by atoms with van der Waals surface area (Å²) >= 11 is 0. The van der Waals surface area contributed by atoms with Gasteiger partial charge >= 0.3 is 6.09 Å². The Morgan fingerprint density at radius 3 is 2.54 bits per heavy atom. The summed E-state index contributed by atoms with van der Waals surface area (Å²) in [5.74, 6) is 0. The Kier molecular flexibility index (Phi) is 7.90. The van der Waals surface area contributed by atoms with Crippen LogP contribution in [-0.4, -0.2) is 41.5 Å². The first kappa shape index (κ1) is 22.7. The molecule has 1 saturated carbocycles. The number of nitrogens with one attached hydrogen (secondary N) is 2. The molecule has 0 aromatic heterocycles. The standard InChI is InChI=1S/C23H38N2O3/c1-22(2,3)28-21(27)25-18(15-17-11-7-6-8-12-17)19(26)16-24-20-13-9-10-14-23(20,4)5/h6-8,11-12,18-20,24,26H,9-10,13-16H2,1-5H3,(H,25,27)/t18-,19+,20?/m0/s1. The first-order valence-corrected chi connectivity index (χ1v) is 10.5. The van der Waals surface area contributed by atoms with Gasteiger partial charge in [-0.05, 0) is 51.0 Å². The average Bonchev–Trinajstić information content (AvgIpc) is 2.59. The number of aliphatic hydroxyl groups excluding tert-OH is 1.